The highest BCUT2D eigenvalue weighted by Gasteiger charge is 2.29. The first-order valence-electron chi connectivity index (χ1n) is 9.07. The highest BCUT2D eigenvalue weighted by molar-refractivity contribution is 7.89. The number of hydrogen-bond donors (Lipinski definition) is 1. The second-order valence-corrected chi connectivity index (χ2v) is 8.38. The van der Waals surface area contributed by atoms with Crippen molar-refractivity contribution in [2.24, 2.45) is 0 Å². The summed E-state index contributed by atoms with van der Waals surface area (Å²) >= 11 is 0. The van der Waals surface area contributed by atoms with Gasteiger partial charge in [0.2, 0.25) is 15.9 Å². The van der Waals surface area contributed by atoms with E-state index in [1.165, 1.54) is 8.99 Å². The van der Waals surface area contributed by atoms with Gasteiger partial charge in [0.25, 0.3) is 0 Å². The van der Waals surface area contributed by atoms with E-state index in [1.54, 1.807) is 27.7 Å². The second-order valence-electron chi connectivity index (χ2n) is 6.51. The summed E-state index contributed by atoms with van der Waals surface area (Å²) in [6.45, 7) is 10.1. The third-order valence-electron chi connectivity index (χ3n) is 4.52. The van der Waals surface area contributed by atoms with E-state index in [0.29, 0.717) is 31.0 Å². The quantitative estimate of drug-likeness (QED) is 0.746. The van der Waals surface area contributed by atoms with E-state index in [9.17, 15) is 13.2 Å². The molecular formula is C19H28N4O3S. The third-order valence-corrected chi connectivity index (χ3v) is 6.83. The Morgan fingerprint density at radius 3 is 2.26 bits per heavy atom. The van der Waals surface area contributed by atoms with Gasteiger partial charge in [0.15, 0.2) is 0 Å². The van der Waals surface area contributed by atoms with Crippen LogP contribution in [0, 0.1) is 20.8 Å². The van der Waals surface area contributed by atoms with Crippen LogP contribution in [0.3, 0.4) is 0 Å². The average Bonchev–Trinajstić information content (AvgIpc) is 2.89. The van der Waals surface area contributed by atoms with Crippen molar-refractivity contribution in [3.63, 3.8) is 0 Å². The lowest BCUT2D eigenvalue weighted by Gasteiger charge is -2.18. The summed E-state index contributed by atoms with van der Waals surface area (Å²) in [5.41, 5.74) is 3.05. The fourth-order valence-electron chi connectivity index (χ4n) is 3.00. The Hall–Kier alpha value is -2.19. The minimum absolute atomic E-state index is 0.0215. The van der Waals surface area contributed by atoms with E-state index in [4.69, 9.17) is 0 Å². The fraction of sp³-hybridized carbons (Fsp3) is 0.474. The largest absolute Gasteiger partial charge is 0.350 e. The fourth-order valence-corrected chi connectivity index (χ4v) is 4.83. The lowest BCUT2D eigenvalue weighted by Crippen LogP contribution is -2.31. The first-order chi connectivity index (χ1) is 12.7. The molecule has 1 amide bonds. The monoisotopic (exact) mass is 392 g/mol. The van der Waals surface area contributed by atoms with Gasteiger partial charge >= 0.3 is 0 Å². The number of nitrogens with zero attached hydrogens (tertiary/aromatic N) is 3. The predicted octanol–water partition coefficient (Wildman–Crippen LogP) is 2.16. The summed E-state index contributed by atoms with van der Waals surface area (Å²) in [6.07, 6.45) is 0. The molecule has 0 spiro atoms. The number of amides is 1. The van der Waals surface area contributed by atoms with Gasteiger partial charge < -0.3 is 5.32 Å². The van der Waals surface area contributed by atoms with E-state index in [2.05, 4.69) is 10.4 Å². The third kappa shape index (κ3) is 4.75. The van der Waals surface area contributed by atoms with Crippen molar-refractivity contribution in [2.45, 2.75) is 52.6 Å². The van der Waals surface area contributed by atoms with Crippen molar-refractivity contribution in [3.05, 3.63) is 46.8 Å². The van der Waals surface area contributed by atoms with Crippen LogP contribution in [0.25, 0.3) is 0 Å². The minimum atomic E-state index is -3.62. The smallest absolute Gasteiger partial charge is 0.246 e. The van der Waals surface area contributed by atoms with Crippen LogP contribution in [0.1, 0.15) is 36.4 Å². The molecule has 0 atom stereocenters. The van der Waals surface area contributed by atoms with Crippen LogP contribution in [0.15, 0.2) is 29.2 Å². The van der Waals surface area contributed by atoms with Crippen molar-refractivity contribution in [2.75, 3.05) is 13.1 Å². The molecule has 27 heavy (non-hydrogen) atoms. The zero-order valence-corrected chi connectivity index (χ0v) is 17.4. The average molecular weight is 393 g/mol. The van der Waals surface area contributed by atoms with Gasteiger partial charge in [0.05, 0.1) is 11.4 Å². The van der Waals surface area contributed by atoms with Crippen molar-refractivity contribution < 1.29 is 13.2 Å². The Balaban J connectivity index is 2.13. The normalized spacial score (nSPS) is 11.8. The second kappa shape index (κ2) is 8.67. The van der Waals surface area contributed by atoms with Gasteiger partial charge in [-0.1, -0.05) is 43.7 Å². The molecule has 1 heterocycles. The number of rotatable bonds is 8. The standard InChI is InChI=1S/C19H28N4O3S/c1-6-22(7-2)27(25,26)19-15(4)21-23(16(19)5)13-18(24)20-12-17-10-8-14(3)9-11-17/h8-11H,6-7,12-13H2,1-5H3,(H,20,24). The first-order valence-corrected chi connectivity index (χ1v) is 10.5. The van der Waals surface area contributed by atoms with Crippen molar-refractivity contribution in [3.8, 4) is 0 Å². The van der Waals surface area contributed by atoms with E-state index in [0.717, 1.165) is 11.1 Å². The molecule has 7 nitrogen and oxygen atoms in total. The SMILES string of the molecule is CCN(CC)S(=O)(=O)c1c(C)nn(CC(=O)NCc2ccc(C)cc2)c1C. The Morgan fingerprint density at radius 2 is 1.70 bits per heavy atom. The topological polar surface area (TPSA) is 84.3 Å². The summed E-state index contributed by atoms with van der Waals surface area (Å²) in [4.78, 5) is 12.5. The highest BCUT2D eigenvalue weighted by atomic mass is 32.2. The van der Waals surface area contributed by atoms with Crippen LogP contribution in [-0.4, -0.2) is 41.5 Å². The molecule has 1 aromatic heterocycles. The molecule has 0 unspecified atom stereocenters. The van der Waals surface area contributed by atoms with Crippen LogP contribution < -0.4 is 5.32 Å². The predicted molar refractivity (Wildman–Crippen MR) is 105 cm³/mol. The number of sulfonamides is 1. The first kappa shape index (κ1) is 21.1. The molecule has 0 aliphatic heterocycles. The number of hydrogen-bond acceptors (Lipinski definition) is 4. The summed E-state index contributed by atoms with van der Waals surface area (Å²) in [7, 11) is -3.62. The van der Waals surface area contributed by atoms with Gasteiger partial charge in [-0.05, 0) is 26.3 Å². The molecule has 0 saturated heterocycles. The summed E-state index contributed by atoms with van der Waals surface area (Å²) in [6, 6.07) is 7.92. The maximum atomic E-state index is 12.8. The minimum Gasteiger partial charge on any atom is -0.350 e. The Labute approximate surface area is 161 Å². The molecule has 1 N–H and O–H groups in total. The number of benzene rings is 1. The van der Waals surface area contributed by atoms with Gasteiger partial charge in [-0.2, -0.15) is 9.40 Å². The number of carbonyl (C=O) groups is 1. The number of aromatic nitrogens is 2. The Morgan fingerprint density at radius 1 is 1.11 bits per heavy atom. The Kier molecular flexibility index (Phi) is 6.78. The number of nitrogens with one attached hydrogen (secondary N) is 1. The molecule has 2 aromatic rings. The van der Waals surface area contributed by atoms with Crippen LogP contribution in [0.4, 0.5) is 0 Å². The molecule has 8 heteroatoms. The van der Waals surface area contributed by atoms with Crippen LogP contribution in [0.5, 0.6) is 0 Å². The van der Waals surface area contributed by atoms with Gasteiger partial charge in [-0.25, -0.2) is 8.42 Å². The molecule has 1 aromatic carbocycles. The lowest BCUT2D eigenvalue weighted by molar-refractivity contribution is -0.122. The van der Waals surface area contributed by atoms with E-state index >= 15 is 0 Å². The zero-order valence-electron chi connectivity index (χ0n) is 16.6. The molecule has 0 bridgehead atoms. The summed E-state index contributed by atoms with van der Waals surface area (Å²) in [5, 5.41) is 7.13. The van der Waals surface area contributed by atoms with Crippen molar-refractivity contribution in [1.29, 1.82) is 0 Å². The zero-order chi connectivity index (χ0) is 20.2. The lowest BCUT2D eigenvalue weighted by atomic mass is 10.1. The van der Waals surface area contributed by atoms with E-state index in [1.807, 2.05) is 31.2 Å². The van der Waals surface area contributed by atoms with Gasteiger partial charge in [0.1, 0.15) is 11.4 Å². The number of carbonyl (C=O) groups excluding carboxylic acids is 1. The summed E-state index contributed by atoms with van der Waals surface area (Å²) < 4.78 is 28.5. The highest BCUT2D eigenvalue weighted by Crippen LogP contribution is 2.23. The molecule has 148 valence electrons. The van der Waals surface area contributed by atoms with Crippen LogP contribution in [-0.2, 0) is 27.9 Å². The van der Waals surface area contributed by atoms with Crippen molar-refractivity contribution in [1.82, 2.24) is 19.4 Å². The molecule has 0 aliphatic carbocycles. The van der Waals surface area contributed by atoms with Gasteiger partial charge in [-0.3, -0.25) is 9.48 Å². The maximum absolute atomic E-state index is 12.8. The van der Waals surface area contributed by atoms with E-state index in [-0.39, 0.29) is 17.3 Å². The Bertz CT molecular complexity index is 898. The van der Waals surface area contributed by atoms with E-state index < -0.39 is 10.0 Å². The molecular weight excluding hydrogens is 364 g/mol. The number of aryl methyl sites for hydroxylation is 2. The molecule has 0 aliphatic rings. The van der Waals surface area contributed by atoms with Crippen LogP contribution in [0.2, 0.25) is 0 Å². The maximum Gasteiger partial charge on any atom is 0.246 e. The van der Waals surface area contributed by atoms with Gasteiger partial charge in [-0.15, -0.1) is 0 Å². The van der Waals surface area contributed by atoms with Gasteiger partial charge in [0, 0.05) is 19.6 Å². The molecule has 0 fully saturated rings. The summed E-state index contributed by atoms with van der Waals surface area (Å²) in [5.74, 6) is -0.215. The molecule has 0 saturated carbocycles. The molecule has 2 rings (SSSR count). The molecule has 0 radical (unpaired) electrons. The van der Waals surface area contributed by atoms with Crippen LogP contribution >= 0.6 is 0 Å². The van der Waals surface area contributed by atoms with Crippen molar-refractivity contribution >= 4 is 15.9 Å².